The maximum absolute atomic E-state index is 11.6. The molecule has 2 aliphatic heterocycles. The summed E-state index contributed by atoms with van der Waals surface area (Å²) >= 11 is 0. The molecule has 6 bridgehead atoms. The molecule has 0 saturated carbocycles. The summed E-state index contributed by atoms with van der Waals surface area (Å²) in [6.45, 7) is 28.7. The first-order chi connectivity index (χ1) is 29.3. The number of benzene rings is 3. The monoisotopic (exact) mass is 929 g/mol. The molecule has 0 fully saturated rings. The van der Waals surface area contributed by atoms with Crippen molar-refractivity contribution in [2.75, 3.05) is 39.3 Å². The van der Waals surface area contributed by atoms with Gasteiger partial charge in [-0.15, -0.1) is 0 Å². The Morgan fingerprint density at radius 1 is 0.594 bits per heavy atom. The first kappa shape index (κ1) is 58.0. The number of aliphatic imine (C=N–C) groups is 2. The number of nitrogens with zero attached hydrogens (tertiary/aromatic N) is 3. The molecule has 10 heteroatoms. The van der Waals surface area contributed by atoms with Crippen molar-refractivity contribution in [3.05, 3.63) is 99.5 Å². The van der Waals surface area contributed by atoms with Gasteiger partial charge in [0.05, 0.1) is 39.3 Å². The molecule has 359 valence electrons. The second-order valence-corrected chi connectivity index (χ2v) is 19.3. The minimum absolute atomic E-state index is 0. The molecule has 2 heterocycles. The number of carboxylic acids is 2. The van der Waals surface area contributed by atoms with Gasteiger partial charge in [0.25, 0.3) is 0 Å². The van der Waals surface area contributed by atoms with E-state index in [1.54, 1.807) is 11.1 Å². The number of quaternary nitrogens is 1. The van der Waals surface area contributed by atoms with Crippen LogP contribution in [0.5, 0.6) is 11.5 Å². The Hall–Kier alpha value is -3.99. The predicted octanol–water partition coefficient (Wildman–Crippen LogP) is 11.4. The maximum Gasteiger partial charge on any atom is 0.414 e. The zero-order valence-electron chi connectivity index (χ0n) is 41.3. The van der Waals surface area contributed by atoms with Gasteiger partial charge in [0.15, 0.2) is 0 Å². The van der Waals surface area contributed by atoms with Crippen molar-refractivity contribution in [2.45, 2.75) is 164 Å². The third-order valence-electron chi connectivity index (χ3n) is 12.9. The van der Waals surface area contributed by atoms with E-state index in [9.17, 15) is 10.2 Å². The number of hydrogen-bond donors (Lipinski definition) is 4. The molecule has 64 heavy (non-hydrogen) atoms. The molecule has 0 aliphatic carbocycles. The van der Waals surface area contributed by atoms with E-state index < -0.39 is 11.9 Å². The summed E-state index contributed by atoms with van der Waals surface area (Å²) in [5.74, 6) is -2.95. The van der Waals surface area contributed by atoms with Gasteiger partial charge >= 0.3 is 11.9 Å². The van der Waals surface area contributed by atoms with E-state index in [1.165, 1.54) is 85.0 Å². The molecule has 0 aromatic heterocycles. The minimum atomic E-state index is -1.82. The topological polar surface area (TPSA) is 140 Å². The number of aliphatic carboxylic acids is 2. The third-order valence-corrected chi connectivity index (χ3v) is 12.9. The molecule has 9 nitrogen and oxygen atoms in total. The van der Waals surface area contributed by atoms with Gasteiger partial charge in [-0.1, -0.05) is 85.6 Å². The van der Waals surface area contributed by atoms with Crippen LogP contribution in [0, 0.1) is 7.43 Å². The van der Waals surface area contributed by atoms with Crippen LogP contribution in [-0.4, -0.2) is 88.5 Å². The maximum atomic E-state index is 11.6. The number of rotatable bonds is 12. The minimum Gasteiger partial charge on any atom is -0.507 e. The van der Waals surface area contributed by atoms with E-state index in [2.05, 4.69) is 106 Å². The number of phenolic OH excluding ortho intramolecular Hbond substituents is 2. The van der Waals surface area contributed by atoms with Crippen molar-refractivity contribution < 1.29 is 51.3 Å². The van der Waals surface area contributed by atoms with Gasteiger partial charge in [0.2, 0.25) is 0 Å². The Bertz CT molecular complexity index is 1970. The van der Waals surface area contributed by atoms with Crippen molar-refractivity contribution in [1.29, 1.82) is 0 Å². The van der Waals surface area contributed by atoms with Gasteiger partial charge < -0.3 is 32.3 Å². The zero-order valence-corrected chi connectivity index (χ0v) is 42.4. The normalized spacial score (nSPS) is 13.7. The summed E-state index contributed by atoms with van der Waals surface area (Å²) < 4.78 is 1.21. The first-order valence-corrected chi connectivity index (χ1v) is 23.5. The smallest absolute Gasteiger partial charge is 0.414 e. The van der Waals surface area contributed by atoms with E-state index in [0.717, 1.165) is 73.6 Å². The van der Waals surface area contributed by atoms with Crippen LogP contribution in [0.25, 0.3) is 0 Å². The molecular formula is C54H83CoN3O6. The van der Waals surface area contributed by atoms with Crippen LogP contribution in [0.3, 0.4) is 0 Å². The average molecular weight is 929 g/mol. The predicted molar refractivity (Wildman–Crippen MR) is 264 cm³/mol. The number of carboxylic acid groups (broad SMARTS) is 2. The molecule has 2 aliphatic rings. The van der Waals surface area contributed by atoms with Crippen LogP contribution in [0.1, 0.15) is 170 Å². The van der Waals surface area contributed by atoms with Crippen LogP contribution in [-0.2, 0) is 75.7 Å². The first-order valence-electron chi connectivity index (χ1n) is 23.5. The molecule has 1 radical (unpaired) electrons. The van der Waals surface area contributed by atoms with E-state index >= 15 is 0 Å². The van der Waals surface area contributed by atoms with Crippen molar-refractivity contribution in [1.82, 2.24) is 0 Å². The summed E-state index contributed by atoms with van der Waals surface area (Å²) in [4.78, 5) is 27.6. The Morgan fingerprint density at radius 2 is 0.969 bits per heavy atom. The van der Waals surface area contributed by atoms with Crippen LogP contribution < -0.4 is 0 Å². The number of phenols is 2. The Kier molecular flexibility index (Phi) is 24.9. The van der Waals surface area contributed by atoms with Gasteiger partial charge in [-0.3, -0.25) is 9.98 Å². The molecule has 0 unspecified atom stereocenters. The molecule has 0 saturated heterocycles. The number of aryl methyl sites for hydroxylation is 4. The summed E-state index contributed by atoms with van der Waals surface area (Å²) in [6, 6.07) is 13.5. The largest absolute Gasteiger partial charge is 0.507 e. The van der Waals surface area contributed by atoms with Crippen molar-refractivity contribution in [2.24, 2.45) is 9.98 Å². The SMILES string of the molecule is CCCCCc1c2ccc(c1CCCC[N+](CC)(CC)CC)CCCc1cc(C(C)(C)C)cc(c1O)C=NCCN=Cc1cc(C(C)(C)C)cc(c1O)CCC2.O=C(O)C(=O)O.[CH3-].[Co]. The summed E-state index contributed by atoms with van der Waals surface area (Å²) in [5, 5.41) is 37.9. The van der Waals surface area contributed by atoms with Crippen LogP contribution in [0.4, 0.5) is 0 Å². The Balaban J connectivity index is 0.00000239. The van der Waals surface area contributed by atoms with Crippen molar-refractivity contribution in [3.63, 3.8) is 0 Å². The van der Waals surface area contributed by atoms with Gasteiger partial charge in [0, 0.05) is 40.3 Å². The average Bonchev–Trinajstić information content (AvgIpc) is 3.21. The third kappa shape index (κ3) is 17.4. The van der Waals surface area contributed by atoms with E-state index in [1.807, 2.05) is 12.4 Å². The van der Waals surface area contributed by atoms with Gasteiger partial charge in [-0.05, 0) is 159 Å². The summed E-state index contributed by atoms with van der Waals surface area (Å²) in [7, 11) is 0. The number of carbonyl (C=O) groups is 2. The molecule has 3 aromatic rings. The van der Waals surface area contributed by atoms with E-state index in [-0.39, 0.29) is 35.0 Å². The Morgan fingerprint density at radius 3 is 1.31 bits per heavy atom. The van der Waals surface area contributed by atoms with Gasteiger partial charge in [-0.2, -0.15) is 0 Å². The summed E-state index contributed by atoms with van der Waals surface area (Å²) in [6.07, 6.45) is 17.7. The molecule has 0 amide bonds. The molecule has 3 aromatic carbocycles. The molecule has 5 rings (SSSR count). The fourth-order valence-electron chi connectivity index (χ4n) is 8.59. The fraction of sp³-hybridized carbons (Fsp3) is 0.574. The van der Waals surface area contributed by atoms with Crippen molar-refractivity contribution >= 4 is 24.4 Å². The van der Waals surface area contributed by atoms with Crippen LogP contribution in [0.2, 0.25) is 0 Å². The number of aromatic hydroxyl groups is 2. The van der Waals surface area contributed by atoms with Gasteiger partial charge in [0.1, 0.15) is 11.5 Å². The fourth-order valence-corrected chi connectivity index (χ4v) is 8.59. The van der Waals surface area contributed by atoms with E-state index in [0.29, 0.717) is 24.6 Å². The number of hydrogen-bond acceptors (Lipinski definition) is 6. The molecular weight excluding hydrogens is 846 g/mol. The van der Waals surface area contributed by atoms with Crippen molar-refractivity contribution in [3.8, 4) is 11.5 Å². The standard InChI is InChI=1S/C51H77N3O2.C2H2O4.CH3.Co/c1-11-15-16-25-46-38-21-19-23-40-32-44(50(5,6)7)34-42(48(40)55)36-52-29-30-53-37-43-35-45(51(8,9)10)33-41(49(43)56)24-20-22-39(28-27-38)47(46)26-17-18-31-54(12-2,13-3)14-4;3-1(4)2(5)6;;/h27-28,32-37H,11-26,29-31H2,1-10H3,(H-,52,53,55,56);(H,3,4)(H,5,6);1H3;/q;;-1;/p+1. The zero-order chi connectivity index (χ0) is 46.1. The molecule has 0 atom stereocenters. The summed E-state index contributed by atoms with van der Waals surface area (Å²) in [5.41, 5.74) is 12.1. The number of fused-ring (bicyclic) bond motifs is 9. The Labute approximate surface area is 397 Å². The molecule has 0 spiro atoms. The second-order valence-electron chi connectivity index (χ2n) is 19.3. The number of unbranched alkanes of at least 4 members (excludes halogenated alkanes) is 3. The van der Waals surface area contributed by atoms with E-state index in [4.69, 9.17) is 29.8 Å². The van der Waals surface area contributed by atoms with Crippen LogP contribution >= 0.6 is 0 Å². The molecule has 4 N–H and O–H groups in total. The van der Waals surface area contributed by atoms with Crippen LogP contribution in [0.15, 0.2) is 46.4 Å². The quantitative estimate of drug-likeness (QED) is 0.0617. The van der Waals surface area contributed by atoms with Gasteiger partial charge in [-0.25, -0.2) is 9.59 Å². The second kappa shape index (κ2) is 27.5.